The van der Waals surface area contributed by atoms with E-state index in [-0.39, 0.29) is 34.9 Å². The van der Waals surface area contributed by atoms with E-state index in [9.17, 15) is 28.2 Å². The Labute approximate surface area is 167 Å². The van der Waals surface area contributed by atoms with Crippen LogP contribution in [0, 0.1) is 12.8 Å². The first-order chi connectivity index (χ1) is 12.9. The number of esters is 1. The summed E-state index contributed by atoms with van der Waals surface area (Å²) in [7, 11) is -2.48. The Kier molecular flexibility index (Phi) is 6.30. The largest absolute Gasteiger partial charge is 0.507 e. The summed E-state index contributed by atoms with van der Waals surface area (Å²) in [4.78, 5) is 23.3. The van der Waals surface area contributed by atoms with Gasteiger partial charge in [0.2, 0.25) is 0 Å². The lowest BCUT2D eigenvalue weighted by atomic mass is 9.95. The van der Waals surface area contributed by atoms with Gasteiger partial charge in [0.25, 0.3) is 0 Å². The number of aromatic hydroxyl groups is 1. The number of aliphatic carboxylic acids is 1. The number of carboxylic acid groups (broad SMARTS) is 1. The molecule has 0 saturated carbocycles. The minimum atomic E-state index is -3.89. The highest BCUT2D eigenvalue weighted by Crippen LogP contribution is 2.42. The van der Waals surface area contributed by atoms with Crippen LogP contribution in [0.25, 0.3) is 0 Å². The number of carbonyl (C=O) groups excluding carboxylic acids is 1. The van der Waals surface area contributed by atoms with Gasteiger partial charge < -0.3 is 19.7 Å². The van der Waals surface area contributed by atoms with Gasteiger partial charge in [0.1, 0.15) is 23.7 Å². The molecule has 0 bridgehead atoms. The first-order valence-electron chi connectivity index (χ1n) is 8.27. The van der Waals surface area contributed by atoms with Crippen LogP contribution < -0.4 is 4.74 Å². The fourth-order valence-corrected chi connectivity index (χ4v) is 4.86. The summed E-state index contributed by atoms with van der Waals surface area (Å²) < 4.78 is 33.9. The molecule has 2 atom stereocenters. The number of fused-ring (bicyclic) bond motifs is 1. The number of methoxy groups -OCH3 is 1. The summed E-state index contributed by atoms with van der Waals surface area (Å²) in [5.41, 5.74) is 1.50. The second-order valence-electron chi connectivity index (χ2n) is 6.59. The van der Waals surface area contributed by atoms with Crippen LogP contribution >= 0.6 is 11.6 Å². The average molecular weight is 433 g/mol. The highest BCUT2D eigenvalue weighted by atomic mass is 35.5. The number of rotatable bonds is 7. The van der Waals surface area contributed by atoms with E-state index < -0.39 is 32.9 Å². The van der Waals surface area contributed by atoms with Crippen LogP contribution in [0.3, 0.4) is 0 Å². The Bertz CT molecular complexity index is 965. The van der Waals surface area contributed by atoms with E-state index in [1.807, 2.05) is 0 Å². The predicted octanol–water partition coefficient (Wildman–Crippen LogP) is 2.18. The Hall–Kier alpha value is -2.26. The summed E-state index contributed by atoms with van der Waals surface area (Å²) in [6, 6.07) is 0. The van der Waals surface area contributed by atoms with Crippen LogP contribution in [0.5, 0.6) is 11.5 Å². The van der Waals surface area contributed by atoms with Crippen molar-refractivity contribution in [1.29, 1.82) is 0 Å². The van der Waals surface area contributed by atoms with Gasteiger partial charge in [-0.2, -0.15) is 0 Å². The molecule has 154 valence electrons. The summed E-state index contributed by atoms with van der Waals surface area (Å²) >= 11 is 6.18. The van der Waals surface area contributed by atoms with Crippen molar-refractivity contribution >= 4 is 33.4 Å². The van der Waals surface area contributed by atoms with Crippen LogP contribution in [0.4, 0.5) is 0 Å². The molecule has 1 aromatic carbocycles. The van der Waals surface area contributed by atoms with Gasteiger partial charge in [-0.1, -0.05) is 24.6 Å². The van der Waals surface area contributed by atoms with E-state index in [2.05, 4.69) is 0 Å². The summed E-state index contributed by atoms with van der Waals surface area (Å²) in [6.07, 6.45) is 2.23. The normalized spacial score (nSPS) is 16.3. The quantitative estimate of drug-likeness (QED) is 0.627. The van der Waals surface area contributed by atoms with E-state index in [1.165, 1.54) is 20.1 Å². The Morgan fingerprint density at radius 2 is 2.04 bits per heavy atom. The Balaban J connectivity index is 2.46. The van der Waals surface area contributed by atoms with Crippen molar-refractivity contribution in [2.45, 2.75) is 32.1 Å². The monoisotopic (exact) mass is 432 g/mol. The molecule has 0 saturated heterocycles. The second-order valence-corrected chi connectivity index (χ2v) is 9.19. The van der Waals surface area contributed by atoms with E-state index in [4.69, 9.17) is 21.1 Å². The van der Waals surface area contributed by atoms with Crippen LogP contribution in [0.2, 0.25) is 0 Å². The predicted molar refractivity (Wildman–Crippen MR) is 102 cm³/mol. The number of carboxylic acids is 1. The number of benzene rings is 1. The number of phenols is 1. The topological polar surface area (TPSA) is 127 Å². The average Bonchev–Trinajstić information content (AvgIpc) is 2.96. The molecular formula is C18H21ClO8S. The molecule has 0 radical (unpaired) electrons. The number of ether oxygens (including phenoxy) is 2. The number of hydrogen-bond acceptors (Lipinski definition) is 7. The van der Waals surface area contributed by atoms with Crippen molar-refractivity contribution in [2.75, 3.05) is 13.4 Å². The van der Waals surface area contributed by atoms with Crippen molar-refractivity contribution in [2.24, 2.45) is 5.92 Å². The number of halogens is 1. The molecule has 2 rings (SSSR count). The SMILES string of the molecule is COc1c(C)c2c(c(O)c1CC=C(Cl)C(C)C(C(=O)O)S(C)(=O)=O)C(=O)OC2. The van der Waals surface area contributed by atoms with Gasteiger partial charge in [-0.05, 0) is 18.9 Å². The minimum absolute atomic E-state index is 0.00000567. The van der Waals surface area contributed by atoms with Crippen molar-refractivity contribution in [3.63, 3.8) is 0 Å². The molecule has 0 fully saturated rings. The Morgan fingerprint density at radius 3 is 2.54 bits per heavy atom. The minimum Gasteiger partial charge on any atom is -0.507 e. The molecule has 1 aliphatic heterocycles. The molecule has 10 heteroatoms. The lowest BCUT2D eigenvalue weighted by Gasteiger charge is -2.19. The van der Waals surface area contributed by atoms with Gasteiger partial charge in [-0.3, -0.25) is 4.79 Å². The third-order valence-electron chi connectivity index (χ3n) is 4.74. The van der Waals surface area contributed by atoms with Crippen molar-refractivity contribution in [1.82, 2.24) is 0 Å². The third-order valence-corrected chi connectivity index (χ3v) is 6.77. The number of phenolic OH excluding ortho intramolecular Hbond substituents is 1. The van der Waals surface area contributed by atoms with Crippen molar-refractivity contribution < 1.29 is 37.7 Å². The molecule has 28 heavy (non-hydrogen) atoms. The molecule has 1 aliphatic rings. The maximum absolute atomic E-state index is 11.9. The lowest BCUT2D eigenvalue weighted by molar-refractivity contribution is -0.137. The summed E-state index contributed by atoms with van der Waals surface area (Å²) in [5.74, 6) is -3.11. The van der Waals surface area contributed by atoms with E-state index in [1.54, 1.807) is 6.92 Å². The highest BCUT2D eigenvalue weighted by molar-refractivity contribution is 7.92. The van der Waals surface area contributed by atoms with Crippen LogP contribution in [0.15, 0.2) is 11.1 Å². The van der Waals surface area contributed by atoms with E-state index in [0.29, 0.717) is 16.9 Å². The number of cyclic esters (lactones) is 1. The fraction of sp³-hybridized carbons (Fsp3) is 0.444. The van der Waals surface area contributed by atoms with Gasteiger partial charge in [-0.25, -0.2) is 13.2 Å². The zero-order chi connectivity index (χ0) is 21.4. The van der Waals surface area contributed by atoms with Crippen molar-refractivity contribution in [3.05, 3.63) is 33.4 Å². The molecule has 1 aromatic rings. The van der Waals surface area contributed by atoms with Gasteiger partial charge in [0.15, 0.2) is 15.1 Å². The van der Waals surface area contributed by atoms with Gasteiger partial charge in [-0.15, -0.1) is 0 Å². The lowest BCUT2D eigenvalue weighted by Crippen LogP contribution is -2.35. The highest BCUT2D eigenvalue weighted by Gasteiger charge is 2.36. The summed E-state index contributed by atoms with van der Waals surface area (Å²) in [5, 5.41) is 18.1. The number of allylic oxidation sites excluding steroid dienone is 2. The Morgan fingerprint density at radius 1 is 1.43 bits per heavy atom. The first kappa shape index (κ1) is 22.0. The summed E-state index contributed by atoms with van der Waals surface area (Å²) in [6.45, 7) is 3.15. The first-order valence-corrected chi connectivity index (χ1v) is 10.6. The molecule has 8 nitrogen and oxygen atoms in total. The molecular weight excluding hydrogens is 412 g/mol. The third kappa shape index (κ3) is 3.95. The standard InChI is InChI=1S/C18H21ClO8S/c1-8-11-7-27-18(23)13(11)14(20)10(15(8)26-3)5-6-12(19)9(2)16(17(21)22)28(4,24)25/h6,9,16,20H,5,7H2,1-4H3,(H,21,22). The van der Waals surface area contributed by atoms with Crippen molar-refractivity contribution in [3.8, 4) is 11.5 Å². The molecule has 2 unspecified atom stereocenters. The van der Waals surface area contributed by atoms with Gasteiger partial charge in [0, 0.05) is 28.3 Å². The molecule has 0 aliphatic carbocycles. The zero-order valence-corrected chi connectivity index (χ0v) is 17.3. The zero-order valence-electron chi connectivity index (χ0n) is 15.8. The molecule has 0 spiro atoms. The molecule has 0 aromatic heterocycles. The fourth-order valence-electron chi connectivity index (χ4n) is 3.33. The molecule has 0 amide bonds. The number of sulfone groups is 1. The smallest absolute Gasteiger partial charge is 0.342 e. The number of hydrogen-bond donors (Lipinski definition) is 2. The van der Waals surface area contributed by atoms with Gasteiger partial charge in [0.05, 0.1) is 7.11 Å². The van der Waals surface area contributed by atoms with Crippen LogP contribution in [-0.2, 0) is 32.4 Å². The molecule has 1 heterocycles. The van der Waals surface area contributed by atoms with Gasteiger partial charge >= 0.3 is 11.9 Å². The number of carbonyl (C=O) groups is 2. The second kappa shape index (κ2) is 8.00. The maximum atomic E-state index is 11.9. The van der Waals surface area contributed by atoms with Crippen LogP contribution in [0.1, 0.15) is 34.0 Å². The molecule has 2 N–H and O–H groups in total. The van der Waals surface area contributed by atoms with Crippen LogP contribution in [-0.4, -0.2) is 49.2 Å². The van der Waals surface area contributed by atoms with E-state index >= 15 is 0 Å². The van der Waals surface area contributed by atoms with E-state index in [0.717, 1.165) is 6.26 Å². The maximum Gasteiger partial charge on any atom is 0.342 e.